The third kappa shape index (κ3) is 2.36. The molecule has 4 nitrogen and oxygen atoms in total. The first-order valence-corrected chi connectivity index (χ1v) is 8.23. The van der Waals surface area contributed by atoms with Crippen molar-refractivity contribution in [3.05, 3.63) is 0 Å². The molecular weight excluding hydrogens is 266 g/mol. The van der Waals surface area contributed by atoms with Crippen LogP contribution in [0.5, 0.6) is 0 Å². The fraction of sp³-hybridized carbons (Fsp3) is 0.882. The molecule has 0 aromatic heterocycles. The lowest BCUT2D eigenvalue weighted by Gasteiger charge is -2.64. The summed E-state index contributed by atoms with van der Waals surface area (Å²) in [5, 5.41) is 12.0. The normalized spacial score (nSPS) is 45.4. The monoisotopic (exact) mass is 293 g/mol. The van der Waals surface area contributed by atoms with Crippen LogP contribution < -0.4 is 5.32 Å². The lowest BCUT2D eigenvalue weighted by atomic mass is 9.40. The van der Waals surface area contributed by atoms with Gasteiger partial charge in [0.25, 0.3) is 0 Å². The fourth-order valence-corrected chi connectivity index (χ4v) is 6.35. The first-order chi connectivity index (χ1) is 9.69. The lowest BCUT2D eigenvalue weighted by Crippen LogP contribution is -2.61. The summed E-state index contributed by atoms with van der Waals surface area (Å²) in [6.07, 6.45) is 6.99. The van der Waals surface area contributed by atoms with Gasteiger partial charge in [0.15, 0.2) is 0 Å². The van der Waals surface area contributed by atoms with Crippen molar-refractivity contribution in [2.24, 2.45) is 22.2 Å². The largest absolute Gasteiger partial charge is 0.480 e. The molecule has 1 amide bonds. The average molecular weight is 293 g/mol. The molecule has 4 fully saturated rings. The molecular formula is C17H27NO3. The van der Waals surface area contributed by atoms with Crippen molar-refractivity contribution in [2.45, 2.75) is 71.8 Å². The maximum Gasteiger partial charge on any atom is 0.326 e. The van der Waals surface area contributed by atoms with E-state index in [2.05, 4.69) is 19.2 Å². The highest BCUT2D eigenvalue weighted by Gasteiger charge is 2.62. The van der Waals surface area contributed by atoms with Crippen LogP contribution in [-0.4, -0.2) is 23.0 Å². The Labute approximate surface area is 126 Å². The van der Waals surface area contributed by atoms with Gasteiger partial charge in [-0.1, -0.05) is 20.8 Å². The van der Waals surface area contributed by atoms with Crippen molar-refractivity contribution in [3.63, 3.8) is 0 Å². The van der Waals surface area contributed by atoms with Crippen LogP contribution in [-0.2, 0) is 9.59 Å². The quantitative estimate of drug-likeness (QED) is 0.837. The Balaban J connectivity index is 1.84. The van der Waals surface area contributed by atoms with Crippen molar-refractivity contribution >= 4 is 11.9 Å². The maximum absolute atomic E-state index is 12.9. The SMILES string of the molecule is CC[C@@H](NC(=O)C12CC3CC(C)(CC(C)(C3)C1)C2)C(=O)O. The van der Waals surface area contributed by atoms with Gasteiger partial charge in [-0.25, -0.2) is 4.79 Å². The highest BCUT2D eigenvalue weighted by molar-refractivity contribution is 5.88. The number of carboxylic acid groups (broad SMARTS) is 1. The Morgan fingerprint density at radius 2 is 1.71 bits per heavy atom. The minimum atomic E-state index is -0.923. The second-order valence-corrected chi connectivity index (χ2v) is 8.68. The van der Waals surface area contributed by atoms with Crippen LogP contribution >= 0.6 is 0 Å². The number of nitrogens with one attached hydrogen (secondary N) is 1. The summed E-state index contributed by atoms with van der Waals surface area (Å²) in [5.41, 5.74) is 0.235. The summed E-state index contributed by atoms with van der Waals surface area (Å²) in [6, 6.07) is -0.744. The van der Waals surface area contributed by atoms with E-state index in [1.54, 1.807) is 6.92 Å². The van der Waals surface area contributed by atoms with E-state index < -0.39 is 12.0 Å². The van der Waals surface area contributed by atoms with E-state index in [0.29, 0.717) is 12.3 Å². The van der Waals surface area contributed by atoms with Crippen LogP contribution in [0.1, 0.15) is 65.7 Å². The maximum atomic E-state index is 12.9. The van der Waals surface area contributed by atoms with Crippen molar-refractivity contribution in [1.82, 2.24) is 5.32 Å². The molecule has 0 heterocycles. The zero-order valence-electron chi connectivity index (χ0n) is 13.4. The number of amides is 1. The van der Waals surface area contributed by atoms with Crippen LogP contribution in [0.15, 0.2) is 0 Å². The molecule has 2 unspecified atom stereocenters. The molecule has 0 aliphatic heterocycles. The zero-order valence-corrected chi connectivity index (χ0v) is 13.4. The van der Waals surface area contributed by atoms with Gasteiger partial charge in [0.05, 0.1) is 5.41 Å². The van der Waals surface area contributed by atoms with Gasteiger partial charge in [0, 0.05) is 0 Å². The number of carbonyl (C=O) groups excluding carboxylic acids is 1. The van der Waals surface area contributed by atoms with Crippen LogP contribution in [0.25, 0.3) is 0 Å². The van der Waals surface area contributed by atoms with E-state index in [9.17, 15) is 14.7 Å². The summed E-state index contributed by atoms with van der Waals surface area (Å²) >= 11 is 0. The van der Waals surface area contributed by atoms with E-state index in [1.165, 1.54) is 19.3 Å². The number of carbonyl (C=O) groups is 2. The van der Waals surface area contributed by atoms with E-state index >= 15 is 0 Å². The summed E-state index contributed by atoms with van der Waals surface area (Å²) in [7, 11) is 0. The Morgan fingerprint density at radius 3 is 2.14 bits per heavy atom. The summed E-state index contributed by atoms with van der Waals surface area (Å²) in [6.45, 7) is 6.46. The molecule has 2 N–H and O–H groups in total. The number of rotatable bonds is 4. The van der Waals surface area contributed by atoms with Crippen LogP contribution in [0, 0.1) is 22.2 Å². The molecule has 4 aliphatic carbocycles. The van der Waals surface area contributed by atoms with E-state index in [-0.39, 0.29) is 22.2 Å². The average Bonchev–Trinajstić information content (AvgIpc) is 2.30. The predicted molar refractivity (Wildman–Crippen MR) is 79.7 cm³/mol. The molecule has 118 valence electrons. The Bertz CT molecular complexity index is 468. The van der Waals surface area contributed by atoms with Gasteiger partial charge in [0.2, 0.25) is 5.91 Å². The third-order valence-corrected chi connectivity index (χ3v) is 6.12. The van der Waals surface area contributed by atoms with Gasteiger partial charge in [-0.05, 0) is 61.7 Å². The van der Waals surface area contributed by atoms with E-state index in [4.69, 9.17) is 0 Å². The molecule has 3 atom stereocenters. The van der Waals surface area contributed by atoms with Crippen molar-refractivity contribution < 1.29 is 14.7 Å². The Kier molecular flexibility index (Phi) is 3.16. The second kappa shape index (κ2) is 4.47. The standard InChI is InChI=1S/C17H27NO3/c1-4-12(13(19)20)18-14(21)17-7-11-5-15(2,9-17)8-16(3,6-11)10-17/h11-12H,4-10H2,1-3H3,(H,18,21)(H,19,20)/t11?,12-,15?,16?,17?/m1/s1. The molecule has 0 radical (unpaired) electrons. The molecule has 0 aromatic rings. The van der Waals surface area contributed by atoms with E-state index in [0.717, 1.165) is 19.3 Å². The molecule has 4 heteroatoms. The minimum Gasteiger partial charge on any atom is -0.480 e. The molecule has 0 spiro atoms. The first kappa shape index (κ1) is 14.9. The zero-order chi connectivity index (χ0) is 15.5. The predicted octanol–water partition coefficient (Wildman–Crippen LogP) is 2.96. The lowest BCUT2D eigenvalue weighted by molar-refractivity contribution is -0.171. The van der Waals surface area contributed by atoms with Crippen molar-refractivity contribution in [2.75, 3.05) is 0 Å². The Morgan fingerprint density at radius 1 is 1.14 bits per heavy atom. The highest BCUT2D eigenvalue weighted by Crippen LogP contribution is 2.69. The molecule has 0 saturated heterocycles. The van der Waals surface area contributed by atoms with Crippen molar-refractivity contribution in [3.8, 4) is 0 Å². The molecule has 4 aliphatic rings. The van der Waals surface area contributed by atoms with Gasteiger partial charge in [-0.15, -0.1) is 0 Å². The smallest absolute Gasteiger partial charge is 0.326 e. The van der Waals surface area contributed by atoms with Gasteiger partial charge in [-0.2, -0.15) is 0 Å². The summed E-state index contributed by atoms with van der Waals surface area (Å²) < 4.78 is 0. The molecule has 4 saturated carbocycles. The molecule has 0 aromatic carbocycles. The van der Waals surface area contributed by atoms with Crippen molar-refractivity contribution in [1.29, 1.82) is 0 Å². The van der Waals surface area contributed by atoms with Gasteiger partial charge < -0.3 is 10.4 Å². The molecule has 21 heavy (non-hydrogen) atoms. The molecule has 4 rings (SSSR count). The third-order valence-electron chi connectivity index (χ3n) is 6.12. The topological polar surface area (TPSA) is 66.4 Å². The number of carboxylic acids is 1. The summed E-state index contributed by atoms with van der Waals surface area (Å²) in [5.74, 6) is -0.279. The van der Waals surface area contributed by atoms with E-state index in [1.807, 2.05) is 0 Å². The molecule has 4 bridgehead atoms. The van der Waals surface area contributed by atoms with Gasteiger partial charge >= 0.3 is 5.97 Å². The Hall–Kier alpha value is -1.06. The first-order valence-electron chi connectivity index (χ1n) is 8.23. The minimum absolute atomic E-state index is 0.00157. The second-order valence-electron chi connectivity index (χ2n) is 8.68. The number of hydrogen-bond donors (Lipinski definition) is 2. The van der Waals surface area contributed by atoms with Crippen LogP contribution in [0.2, 0.25) is 0 Å². The highest BCUT2D eigenvalue weighted by atomic mass is 16.4. The number of hydrogen-bond acceptors (Lipinski definition) is 2. The van der Waals surface area contributed by atoms with Crippen LogP contribution in [0.3, 0.4) is 0 Å². The van der Waals surface area contributed by atoms with Gasteiger partial charge in [0.1, 0.15) is 6.04 Å². The van der Waals surface area contributed by atoms with Crippen LogP contribution in [0.4, 0.5) is 0 Å². The van der Waals surface area contributed by atoms with Gasteiger partial charge in [-0.3, -0.25) is 4.79 Å². The number of aliphatic carboxylic acids is 1. The fourth-order valence-electron chi connectivity index (χ4n) is 6.35. The summed E-state index contributed by atoms with van der Waals surface area (Å²) in [4.78, 5) is 24.1.